The van der Waals surface area contributed by atoms with Crippen molar-refractivity contribution in [1.29, 1.82) is 0 Å². The molecule has 0 aliphatic carbocycles. The van der Waals surface area contributed by atoms with E-state index in [1.54, 1.807) is 0 Å². The molecule has 1 heteroatoms. The Morgan fingerprint density at radius 3 is 1.86 bits per heavy atom. The molecule has 1 aromatic rings. The fourth-order valence-corrected chi connectivity index (χ4v) is 0.720. The van der Waals surface area contributed by atoms with Crippen LogP contribution in [0.15, 0.2) is 34.8 Å². The number of hydrogen-bond acceptors (Lipinski definition) is 0. The highest BCUT2D eigenvalue weighted by molar-refractivity contribution is 9.10. The van der Waals surface area contributed by atoms with Crippen LogP contribution in [0.2, 0.25) is 0 Å². The number of benzene rings is 1. The first-order valence-electron chi connectivity index (χ1n) is 2.10. The van der Waals surface area contributed by atoms with E-state index in [1.807, 2.05) is 30.3 Å². The van der Waals surface area contributed by atoms with Crippen molar-refractivity contribution < 1.29 is 0 Å². The van der Waals surface area contributed by atoms with Crippen LogP contribution in [-0.4, -0.2) is 0 Å². The van der Waals surface area contributed by atoms with Gasteiger partial charge in [0.15, 0.2) is 0 Å². The van der Waals surface area contributed by atoms with Crippen LogP contribution >= 0.6 is 15.9 Å². The van der Waals surface area contributed by atoms with Gasteiger partial charge in [-0.05, 0) is 12.1 Å². The maximum atomic E-state index is 3.31. The fourth-order valence-electron chi connectivity index (χ4n) is 0.415. The Morgan fingerprint density at radius 2 is 1.57 bits per heavy atom. The minimum absolute atomic E-state index is 1.13. The minimum atomic E-state index is 1.13. The summed E-state index contributed by atoms with van der Waals surface area (Å²) in [5.41, 5.74) is 0. The summed E-state index contributed by atoms with van der Waals surface area (Å²) in [6.07, 6.45) is 0. The average Bonchev–Trinajstić information content (AvgIpc) is 1.69. The Hall–Kier alpha value is -0.300. The highest BCUT2D eigenvalue weighted by atomic mass is 79.9. The molecule has 0 bridgehead atoms. The molecule has 0 saturated carbocycles. The van der Waals surface area contributed by atoms with Crippen molar-refractivity contribution in [3.05, 3.63) is 34.8 Å². The van der Waals surface area contributed by atoms with Gasteiger partial charge >= 0.3 is 0 Å². The second-order valence-corrected chi connectivity index (χ2v) is 2.21. The van der Waals surface area contributed by atoms with Gasteiger partial charge in [-0.15, -0.1) is 0 Å². The van der Waals surface area contributed by atoms with Crippen molar-refractivity contribution in [2.75, 3.05) is 0 Å². The largest absolute Gasteiger partial charge is 0.0622 e. The van der Waals surface area contributed by atoms with Gasteiger partial charge in [-0.1, -0.05) is 34.1 Å². The second-order valence-electron chi connectivity index (χ2n) is 1.30. The molecule has 0 amide bonds. The summed E-state index contributed by atoms with van der Waals surface area (Å²) in [6.45, 7) is 0. The Bertz CT molecular complexity index is 134. The summed E-state index contributed by atoms with van der Waals surface area (Å²) in [5, 5.41) is 0. The summed E-state index contributed by atoms with van der Waals surface area (Å²) in [5.74, 6) is 0. The Balaban J connectivity index is 3.02. The van der Waals surface area contributed by atoms with Gasteiger partial charge < -0.3 is 0 Å². The lowest BCUT2D eigenvalue weighted by Crippen LogP contribution is -1.55. The summed E-state index contributed by atoms with van der Waals surface area (Å²) >= 11 is 3.31. The molecule has 0 N–H and O–H groups in total. The third kappa shape index (κ3) is 1.32. The van der Waals surface area contributed by atoms with Crippen LogP contribution in [0.1, 0.15) is 0 Å². The zero-order valence-electron chi connectivity index (χ0n) is 3.76. The average molecular weight is 169 g/mol. The predicted octanol–water partition coefficient (Wildman–Crippen LogP) is 2.45. The van der Waals surface area contributed by atoms with Crippen molar-refractivity contribution in [2.45, 2.75) is 0 Å². The number of rotatable bonds is 0. The highest BCUT2D eigenvalue weighted by Gasteiger charge is 1.74. The van der Waals surface area contributed by atoms with E-state index in [2.05, 4.69) is 15.9 Å². The standard InChI is InChI=1S/C6H5Br/c7-6-4-2-1-3-5-6/h1-5H/i1+2,2+2,3+2,4+2,5+2,6+2. The van der Waals surface area contributed by atoms with Gasteiger partial charge in [0.1, 0.15) is 0 Å². The zero-order valence-corrected chi connectivity index (χ0v) is 5.35. The molecule has 0 fully saturated rings. The number of hydrogen-bond donors (Lipinski definition) is 0. The molecule has 0 radical (unpaired) electrons. The normalized spacial score (nSPS) is 8.71. The van der Waals surface area contributed by atoms with Gasteiger partial charge in [0.25, 0.3) is 0 Å². The molecule has 0 heterocycles. The molecule has 7 heavy (non-hydrogen) atoms. The lowest BCUT2D eigenvalue weighted by Gasteiger charge is -1.80. The molecular formula is C6H5Br. The quantitative estimate of drug-likeness (QED) is 0.559. The van der Waals surface area contributed by atoms with Crippen LogP contribution in [0.25, 0.3) is 0 Å². The van der Waals surface area contributed by atoms with E-state index in [4.69, 9.17) is 0 Å². The smallest absolute Gasteiger partial charge is 0.0175 e. The first kappa shape index (κ1) is 4.85. The summed E-state index contributed by atoms with van der Waals surface area (Å²) in [6, 6.07) is 9.97. The van der Waals surface area contributed by atoms with Crippen LogP contribution < -0.4 is 0 Å². The van der Waals surface area contributed by atoms with Gasteiger partial charge in [0.2, 0.25) is 0 Å². The van der Waals surface area contributed by atoms with Gasteiger partial charge in [-0.3, -0.25) is 0 Å². The van der Waals surface area contributed by atoms with Crippen molar-refractivity contribution in [2.24, 2.45) is 0 Å². The summed E-state index contributed by atoms with van der Waals surface area (Å²) in [4.78, 5) is 0. The second kappa shape index (κ2) is 2.12. The van der Waals surface area contributed by atoms with E-state index in [9.17, 15) is 0 Å². The van der Waals surface area contributed by atoms with Gasteiger partial charge in [0, 0.05) is 4.47 Å². The van der Waals surface area contributed by atoms with Crippen LogP contribution in [0.4, 0.5) is 0 Å². The molecular weight excluding hydrogens is 164 g/mol. The van der Waals surface area contributed by atoms with Crippen LogP contribution in [0.5, 0.6) is 0 Å². The predicted molar refractivity (Wildman–Crippen MR) is 34.1 cm³/mol. The van der Waals surface area contributed by atoms with Gasteiger partial charge in [-0.2, -0.15) is 0 Å². The van der Waals surface area contributed by atoms with E-state index in [1.165, 1.54) is 0 Å². The topological polar surface area (TPSA) is 0 Å². The molecule has 0 aromatic heterocycles. The molecule has 0 spiro atoms. The van der Waals surface area contributed by atoms with Gasteiger partial charge in [-0.25, -0.2) is 0 Å². The summed E-state index contributed by atoms with van der Waals surface area (Å²) in [7, 11) is 0. The fraction of sp³-hybridized carbons (Fsp3) is 0. The Morgan fingerprint density at radius 1 is 1.00 bits per heavy atom. The van der Waals surface area contributed by atoms with Crippen molar-refractivity contribution in [3.8, 4) is 0 Å². The molecule has 36 valence electrons. The molecule has 0 atom stereocenters. The van der Waals surface area contributed by atoms with Crippen molar-refractivity contribution in [3.63, 3.8) is 0 Å². The molecule has 0 saturated heterocycles. The Labute approximate surface area is 51.3 Å². The zero-order chi connectivity index (χ0) is 5.11. The van der Waals surface area contributed by atoms with Crippen molar-refractivity contribution in [1.82, 2.24) is 0 Å². The number of halogens is 1. The Kier molecular flexibility index (Phi) is 1.47. The molecule has 0 aliphatic rings. The van der Waals surface area contributed by atoms with Crippen LogP contribution in [0, 0.1) is 0 Å². The molecule has 0 nitrogen and oxygen atoms in total. The van der Waals surface area contributed by atoms with E-state index in [0.29, 0.717) is 0 Å². The van der Waals surface area contributed by atoms with Gasteiger partial charge in [0.05, 0.1) is 0 Å². The monoisotopic (exact) mass is 168 g/mol. The summed E-state index contributed by atoms with van der Waals surface area (Å²) < 4.78 is 1.13. The first-order valence-corrected chi connectivity index (χ1v) is 2.89. The van der Waals surface area contributed by atoms with E-state index >= 15 is 0 Å². The lowest BCUT2D eigenvalue weighted by molar-refractivity contribution is 1.66. The molecule has 1 aromatic carbocycles. The lowest BCUT2D eigenvalue weighted by atomic mass is 12.4. The van der Waals surface area contributed by atoms with Crippen molar-refractivity contribution >= 4 is 15.9 Å². The third-order valence-electron chi connectivity index (χ3n) is 0.733. The highest BCUT2D eigenvalue weighted by Crippen LogP contribution is 2.05. The van der Waals surface area contributed by atoms with E-state index < -0.39 is 0 Å². The van der Waals surface area contributed by atoms with E-state index in [0.717, 1.165) is 4.47 Å². The first-order chi connectivity index (χ1) is 3.39. The molecule has 0 unspecified atom stereocenters. The van der Waals surface area contributed by atoms with Crippen LogP contribution in [-0.2, 0) is 0 Å². The van der Waals surface area contributed by atoms with Crippen LogP contribution in [0.3, 0.4) is 0 Å². The molecule has 1 rings (SSSR count). The SMILES string of the molecule is Br[14c]1[14cH][14cH][14cH][14cH][14cH]1. The third-order valence-corrected chi connectivity index (χ3v) is 1.26. The maximum absolute atomic E-state index is 3.31. The molecule has 0 aliphatic heterocycles. The van der Waals surface area contributed by atoms with E-state index in [-0.39, 0.29) is 0 Å². The minimum Gasteiger partial charge on any atom is -0.0622 e. The maximum Gasteiger partial charge on any atom is 0.0175 e.